The summed E-state index contributed by atoms with van der Waals surface area (Å²) in [5, 5.41) is 17.6. The van der Waals surface area contributed by atoms with Gasteiger partial charge in [-0.2, -0.15) is 4.72 Å². The van der Waals surface area contributed by atoms with Gasteiger partial charge in [0.1, 0.15) is 12.1 Å². The number of aliphatic carboxylic acids is 1. The first-order valence-corrected chi connectivity index (χ1v) is 14.7. The van der Waals surface area contributed by atoms with Crippen molar-refractivity contribution in [3.05, 3.63) is 52.6 Å². The van der Waals surface area contributed by atoms with Crippen molar-refractivity contribution in [1.29, 1.82) is 5.41 Å². The second kappa shape index (κ2) is 11.9. The summed E-state index contributed by atoms with van der Waals surface area (Å²) in [5.41, 5.74) is 9.39. The monoisotopic (exact) mass is 558 g/mol. The first-order valence-electron chi connectivity index (χ1n) is 13.2. The van der Waals surface area contributed by atoms with E-state index >= 15 is 0 Å². The molecular weight excluding hydrogens is 520 g/mol. The molecule has 0 aliphatic carbocycles. The lowest BCUT2D eigenvalue weighted by molar-refractivity contribution is -0.150. The number of likely N-dealkylation sites (N-methyl/N-ethyl adjacent to an activating group) is 1. The Kier molecular flexibility index (Phi) is 8.77. The molecule has 12 heteroatoms. The molecule has 0 bridgehead atoms. The van der Waals surface area contributed by atoms with Crippen molar-refractivity contribution in [2.75, 3.05) is 39.8 Å². The van der Waals surface area contributed by atoms with Crippen molar-refractivity contribution in [3.63, 3.8) is 0 Å². The predicted octanol–water partition coefficient (Wildman–Crippen LogP) is 0.911. The molecule has 1 amide bonds. The van der Waals surface area contributed by atoms with Crippen LogP contribution in [0.1, 0.15) is 37.3 Å². The van der Waals surface area contributed by atoms with E-state index in [1.165, 1.54) is 4.90 Å². The third-order valence-corrected chi connectivity index (χ3v) is 9.21. The first kappa shape index (κ1) is 28.8. The molecule has 1 unspecified atom stereocenters. The van der Waals surface area contributed by atoms with E-state index in [0.29, 0.717) is 19.5 Å². The van der Waals surface area contributed by atoms with Crippen molar-refractivity contribution in [2.45, 2.75) is 56.0 Å². The number of hydrogen-bond donors (Lipinski definition) is 4. The summed E-state index contributed by atoms with van der Waals surface area (Å²) in [5.74, 6) is -1.82. The van der Waals surface area contributed by atoms with Gasteiger partial charge in [0.05, 0.1) is 4.90 Å². The van der Waals surface area contributed by atoms with Crippen LogP contribution in [0.15, 0.2) is 46.4 Å². The van der Waals surface area contributed by atoms with Gasteiger partial charge in [0.15, 0.2) is 5.96 Å². The van der Waals surface area contributed by atoms with Crippen LogP contribution in [0.5, 0.6) is 0 Å². The molecule has 11 nitrogen and oxygen atoms in total. The first-order chi connectivity index (χ1) is 18.4. The molecular formula is C27H38N6O5S. The van der Waals surface area contributed by atoms with Gasteiger partial charge in [0.2, 0.25) is 15.9 Å². The average Bonchev–Trinajstić information content (AvgIpc) is 3.08. The van der Waals surface area contributed by atoms with E-state index in [2.05, 4.69) is 9.62 Å². The van der Waals surface area contributed by atoms with Gasteiger partial charge < -0.3 is 25.5 Å². The molecule has 0 spiro atoms. The molecule has 3 aliphatic heterocycles. The van der Waals surface area contributed by atoms with E-state index < -0.39 is 34.0 Å². The Morgan fingerprint density at radius 2 is 1.90 bits per heavy atom. The Labute approximate surface area is 229 Å². The summed E-state index contributed by atoms with van der Waals surface area (Å²) < 4.78 is 29.9. The quantitative estimate of drug-likeness (QED) is 0.218. The fraction of sp³-hybridized carbons (Fsp3) is 0.519. The topological polar surface area (TPSA) is 160 Å². The van der Waals surface area contributed by atoms with Crippen molar-refractivity contribution in [2.24, 2.45) is 5.73 Å². The lowest BCUT2D eigenvalue weighted by Crippen LogP contribution is -2.55. The third kappa shape index (κ3) is 6.87. The smallest absolute Gasteiger partial charge is 0.326 e. The molecule has 0 saturated carbocycles. The van der Waals surface area contributed by atoms with Crippen LogP contribution in [0.3, 0.4) is 0 Å². The summed E-state index contributed by atoms with van der Waals surface area (Å²) >= 11 is 0. The van der Waals surface area contributed by atoms with Crippen LogP contribution < -0.4 is 10.5 Å². The Morgan fingerprint density at radius 1 is 1.18 bits per heavy atom. The molecule has 1 aromatic rings. The number of nitrogens with zero attached hydrogens (tertiary/aromatic N) is 3. The number of rotatable bonds is 7. The maximum Gasteiger partial charge on any atom is 0.326 e. The Hall–Kier alpha value is -3.22. The van der Waals surface area contributed by atoms with Gasteiger partial charge in [-0.3, -0.25) is 10.2 Å². The third-order valence-electron chi connectivity index (χ3n) is 7.74. The van der Waals surface area contributed by atoms with Crippen molar-refractivity contribution in [1.82, 2.24) is 19.4 Å². The van der Waals surface area contributed by atoms with E-state index in [4.69, 9.17) is 11.1 Å². The van der Waals surface area contributed by atoms with Crippen LogP contribution in [-0.2, 0) is 32.5 Å². The van der Waals surface area contributed by atoms with E-state index in [1.54, 1.807) is 23.1 Å². The number of sulfonamides is 1. The van der Waals surface area contributed by atoms with E-state index in [1.807, 2.05) is 26.1 Å². The van der Waals surface area contributed by atoms with Crippen LogP contribution in [0.4, 0.5) is 0 Å². The molecule has 0 aromatic heterocycles. The van der Waals surface area contributed by atoms with Gasteiger partial charge in [-0.25, -0.2) is 13.2 Å². The average molecular weight is 559 g/mol. The highest BCUT2D eigenvalue weighted by Crippen LogP contribution is 2.24. The van der Waals surface area contributed by atoms with Crippen molar-refractivity contribution in [3.8, 4) is 0 Å². The summed E-state index contributed by atoms with van der Waals surface area (Å²) in [6, 6.07) is 2.80. The number of benzene rings is 1. The fourth-order valence-electron chi connectivity index (χ4n) is 5.39. The number of guanidine groups is 1. The van der Waals surface area contributed by atoms with Gasteiger partial charge in [-0.1, -0.05) is 29.4 Å². The maximum absolute atomic E-state index is 13.8. The molecule has 2 atom stereocenters. The Balaban J connectivity index is 1.63. The van der Waals surface area contributed by atoms with E-state index in [-0.39, 0.29) is 30.2 Å². The number of hydrogen-bond acceptors (Lipinski definition) is 6. The zero-order chi connectivity index (χ0) is 28.3. The van der Waals surface area contributed by atoms with Gasteiger partial charge >= 0.3 is 5.97 Å². The van der Waals surface area contributed by atoms with Gasteiger partial charge in [0.25, 0.3) is 0 Å². The molecule has 0 radical (unpaired) electrons. The number of fused-ring (bicyclic) bond motifs is 1. The van der Waals surface area contributed by atoms with Crippen LogP contribution in [0, 0.1) is 5.41 Å². The Morgan fingerprint density at radius 3 is 2.59 bits per heavy atom. The molecule has 4 rings (SSSR count). The SMILES string of the molecule is CC1=CCN(C(=O)[C@H](CC2=CCCN(C(=N)N)C2)NS(=O)(=O)c2ccc3c(c2)CCN(C)CC3)C(C(=O)O)C1. The summed E-state index contributed by atoms with van der Waals surface area (Å²) in [7, 11) is -2.08. The zero-order valence-corrected chi connectivity index (χ0v) is 23.3. The number of nitrogens with one attached hydrogen (secondary N) is 2. The van der Waals surface area contributed by atoms with E-state index in [9.17, 15) is 23.1 Å². The number of carbonyl (C=O) groups is 2. The maximum atomic E-state index is 13.8. The highest BCUT2D eigenvalue weighted by molar-refractivity contribution is 7.89. The lowest BCUT2D eigenvalue weighted by Gasteiger charge is -2.35. The van der Waals surface area contributed by atoms with Gasteiger partial charge in [-0.15, -0.1) is 0 Å². The molecule has 39 heavy (non-hydrogen) atoms. The van der Waals surface area contributed by atoms with E-state index in [0.717, 1.165) is 48.2 Å². The minimum absolute atomic E-state index is 0.0448. The van der Waals surface area contributed by atoms with Crippen molar-refractivity contribution < 1.29 is 23.1 Å². The second-order valence-corrected chi connectivity index (χ2v) is 12.4. The molecule has 212 valence electrons. The number of nitrogens with two attached hydrogens (primary N) is 1. The summed E-state index contributed by atoms with van der Waals surface area (Å²) in [4.78, 5) is 31.0. The van der Waals surface area contributed by atoms with Gasteiger partial charge in [0, 0.05) is 32.7 Å². The van der Waals surface area contributed by atoms with Crippen molar-refractivity contribution >= 4 is 27.9 Å². The minimum Gasteiger partial charge on any atom is -0.480 e. The highest BCUT2D eigenvalue weighted by atomic mass is 32.2. The second-order valence-electron chi connectivity index (χ2n) is 10.7. The van der Waals surface area contributed by atoms with Gasteiger partial charge in [-0.05, 0) is 69.3 Å². The normalized spacial score (nSPS) is 21.3. The van der Waals surface area contributed by atoms with Crippen LogP contribution in [0.25, 0.3) is 0 Å². The lowest BCUT2D eigenvalue weighted by atomic mass is 9.97. The number of carbonyl (C=O) groups excluding carboxylic acids is 1. The Bertz CT molecular complexity index is 1310. The van der Waals surface area contributed by atoms with Crippen LogP contribution >= 0.6 is 0 Å². The molecule has 3 heterocycles. The highest BCUT2D eigenvalue weighted by Gasteiger charge is 2.37. The number of amides is 1. The molecule has 0 saturated heterocycles. The molecule has 5 N–H and O–H groups in total. The standard InChI is InChI=1S/C27H38N6O5S/c1-18-7-13-33(24(14-18)26(35)36)25(34)23(15-19-4-3-10-32(17-19)27(28)29)30-39(37,38)22-6-5-20-8-11-31(2)12-9-21(20)16-22/h4-7,16,23-24,30H,3,8-15,17H2,1-2H3,(H3,28,29)(H,35,36)/t23-,24?/m0/s1. The molecule has 3 aliphatic rings. The largest absolute Gasteiger partial charge is 0.480 e. The molecule has 0 fully saturated rings. The summed E-state index contributed by atoms with van der Waals surface area (Å²) in [6.45, 7) is 4.49. The molecule has 1 aromatic carbocycles. The summed E-state index contributed by atoms with van der Waals surface area (Å²) in [6.07, 6.45) is 6.12. The predicted molar refractivity (Wildman–Crippen MR) is 148 cm³/mol. The zero-order valence-electron chi connectivity index (χ0n) is 22.5. The van der Waals surface area contributed by atoms with Crippen LogP contribution in [-0.4, -0.2) is 97.9 Å². The minimum atomic E-state index is -4.11. The number of carboxylic acids is 1. The number of carboxylic acid groups (broad SMARTS) is 1. The fourth-order valence-corrected chi connectivity index (χ4v) is 6.63. The van der Waals surface area contributed by atoms with Crippen LogP contribution in [0.2, 0.25) is 0 Å².